The van der Waals surface area contributed by atoms with E-state index in [1.165, 1.54) is 12.1 Å². The fourth-order valence-corrected chi connectivity index (χ4v) is 1.62. The van der Waals surface area contributed by atoms with Gasteiger partial charge in [0.05, 0.1) is 12.1 Å². The third-order valence-corrected chi connectivity index (χ3v) is 2.92. The molecule has 3 N–H and O–H groups in total. The van der Waals surface area contributed by atoms with Gasteiger partial charge in [-0.25, -0.2) is 9.59 Å². The standard InChI is InChI=1S/C13H17F3N2O.C2H2O4/c1-3-18(4-2)9-12(19)17-11-7-5-6-10(8-11)13(14,15)16;3-1(4)2(5)6/h5-8H,3-4,9H2,1-2H3,(H,17,19);(H,3,4)(H,5,6). The molecule has 0 radical (unpaired) electrons. The SMILES string of the molecule is CCN(CC)CC(=O)Nc1cccc(C(F)(F)F)c1.O=C(O)C(=O)O. The molecule has 1 aromatic rings. The number of halogens is 3. The summed E-state index contributed by atoms with van der Waals surface area (Å²) in [5.41, 5.74) is -0.611. The molecule has 0 spiro atoms. The van der Waals surface area contributed by atoms with Gasteiger partial charge in [0, 0.05) is 5.69 Å². The van der Waals surface area contributed by atoms with Gasteiger partial charge in [-0.15, -0.1) is 0 Å². The molecular weight excluding hydrogens is 345 g/mol. The average Bonchev–Trinajstić information content (AvgIpc) is 2.52. The van der Waals surface area contributed by atoms with Crippen molar-refractivity contribution in [1.82, 2.24) is 4.90 Å². The normalized spacial score (nSPS) is 10.6. The van der Waals surface area contributed by atoms with Crippen molar-refractivity contribution in [3.8, 4) is 0 Å². The lowest BCUT2D eigenvalue weighted by atomic mass is 10.2. The summed E-state index contributed by atoms with van der Waals surface area (Å²) in [6, 6.07) is 4.62. The van der Waals surface area contributed by atoms with Crippen molar-refractivity contribution in [1.29, 1.82) is 0 Å². The van der Waals surface area contributed by atoms with Crippen molar-refractivity contribution in [3.05, 3.63) is 29.8 Å². The molecule has 0 atom stereocenters. The van der Waals surface area contributed by atoms with Crippen molar-refractivity contribution in [2.45, 2.75) is 20.0 Å². The summed E-state index contributed by atoms with van der Waals surface area (Å²) >= 11 is 0. The fourth-order valence-electron chi connectivity index (χ4n) is 1.62. The number of anilines is 1. The van der Waals surface area contributed by atoms with Crippen LogP contribution in [0.2, 0.25) is 0 Å². The van der Waals surface area contributed by atoms with Gasteiger partial charge in [0.15, 0.2) is 0 Å². The Kier molecular flexibility index (Phi) is 9.21. The molecule has 0 bridgehead atoms. The summed E-state index contributed by atoms with van der Waals surface area (Å²) < 4.78 is 37.5. The lowest BCUT2D eigenvalue weighted by Crippen LogP contribution is -2.32. The van der Waals surface area contributed by atoms with Crippen molar-refractivity contribution in [2.75, 3.05) is 25.0 Å². The zero-order valence-corrected chi connectivity index (χ0v) is 13.6. The Labute approximate surface area is 142 Å². The lowest BCUT2D eigenvalue weighted by Gasteiger charge is -2.17. The van der Waals surface area contributed by atoms with Crippen LogP contribution in [0.5, 0.6) is 0 Å². The molecular formula is C15H19F3N2O5. The predicted octanol–water partition coefficient (Wildman–Crippen LogP) is 2.14. The second-order valence-electron chi connectivity index (χ2n) is 4.70. The van der Waals surface area contributed by atoms with Crippen molar-refractivity contribution in [2.24, 2.45) is 0 Å². The molecule has 1 aromatic carbocycles. The van der Waals surface area contributed by atoms with Crippen LogP contribution in [0.3, 0.4) is 0 Å². The van der Waals surface area contributed by atoms with Crippen LogP contribution in [-0.4, -0.2) is 52.6 Å². The number of amides is 1. The van der Waals surface area contributed by atoms with E-state index in [4.69, 9.17) is 19.8 Å². The number of benzene rings is 1. The molecule has 0 fully saturated rings. The van der Waals surface area contributed by atoms with E-state index < -0.39 is 23.7 Å². The van der Waals surface area contributed by atoms with Gasteiger partial charge in [0.2, 0.25) is 5.91 Å². The maximum atomic E-state index is 12.5. The number of hydrogen-bond donors (Lipinski definition) is 3. The van der Waals surface area contributed by atoms with E-state index in [0.29, 0.717) is 13.1 Å². The number of nitrogens with zero attached hydrogens (tertiary/aromatic N) is 1. The second kappa shape index (κ2) is 10.3. The number of carbonyl (C=O) groups excluding carboxylic acids is 1. The third kappa shape index (κ3) is 9.30. The maximum Gasteiger partial charge on any atom is 0.416 e. The zero-order valence-electron chi connectivity index (χ0n) is 13.6. The van der Waals surface area contributed by atoms with E-state index in [9.17, 15) is 18.0 Å². The molecule has 140 valence electrons. The number of hydrogen-bond acceptors (Lipinski definition) is 4. The number of carboxylic acid groups (broad SMARTS) is 2. The molecule has 0 aromatic heterocycles. The van der Waals surface area contributed by atoms with E-state index in [0.717, 1.165) is 12.1 Å². The first-order chi connectivity index (χ1) is 11.5. The molecule has 25 heavy (non-hydrogen) atoms. The van der Waals surface area contributed by atoms with Gasteiger partial charge < -0.3 is 15.5 Å². The highest BCUT2D eigenvalue weighted by Gasteiger charge is 2.30. The predicted molar refractivity (Wildman–Crippen MR) is 83.1 cm³/mol. The lowest BCUT2D eigenvalue weighted by molar-refractivity contribution is -0.159. The fraction of sp³-hybridized carbons (Fsp3) is 0.400. The largest absolute Gasteiger partial charge is 0.473 e. The van der Waals surface area contributed by atoms with Gasteiger partial charge in [-0.1, -0.05) is 19.9 Å². The Morgan fingerprint density at radius 2 is 1.60 bits per heavy atom. The monoisotopic (exact) mass is 364 g/mol. The summed E-state index contributed by atoms with van der Waals surface area (Å²) in [5, 5.41) is 17.3. The van der Waals surface area contributed by atoms with Gasteiger partial charge >= 0.3 is 18.1 Å². The minimum Gasteiger partial charge on any atom is -0.473 e. The van der Waals surface area contributed by atoms with Crippen LogP contribution in [0.4, 0.5) is 18.9 Å². The first kappa shape index (κ1) is 22.4. The van der Waals surface area contributed by atoms with Gasteiger partial charge in [-0.3, -0.25) is 9.69 Å². The summed E-state index contributed by atoms with van der Waals surface area (Å²) in [5.74, 6) is -3.96. The minimum atomic E-state index is -4.40. The molecule has 0 unspecified atom stereocenters. The zero-order chi connectivity index (χ0) is 19.6. The van der Waals surface area contributed by atoms with Crippen molar-refractivity contribution < 1.29 is 37.8 Å². The Morgan fingerprint density at radius 3 is 2.00 bits per heavy atom. The molecule has 0 heterocycles. The number of aliphatic carboxylic acids is 2. The topological polar surface area (TPSA) is 107 Å². The highest BCUT2D eigenvalue weighted by atomic mass is 19.4. The van der Waals surface area contributed by atoms with Gasteiger partial charge in [0.1, 0.15) is 0 Å². The van der Waals surface area contributed by atoms with E-state index in [1.54, 1.807) is 0 Å². The van der Waals surface area contributed by atoms with Gasteiger partial charge in [-0.2, -0.15) is 13.2 Å². The highest BCUT2D eigenvalue weighted by Crippen LogP contribution is 2.30. The Hall–Kier alpha value is -2.62. The summed E-state index contributed by atoms with van der Waals surface area (Å²) in [4.78, 5) is 31.7. The van der Waals surface area contributed by atoms with Crippen LogP contribution in [0.1, 0.15) is 19.4 Å². The molecule has 0 aliphatic carbocycles. The van der Waals surface area contributed by atoms with Crippen LogP contribution in [0.15, 0.2) is 24.3 Å². The van der Waals surface area contributed by atoms with Crippen LogP contribution >= 0.6 is 0 Å². The molecule has 1 amide bonds. The van der Waals surface area contributed by atoms with E-state index in [-0.39, 0.29) is 18.1 Å². The summed E-state index contributed by atoms with van der Waals surface area (Å²) in [6.07, 6.45) is -4.40. The van der Waals surface area contributed by atoms with Crippen LogP contribution in [0.25, 0.3) is 0 Å². The van der Waals surface area contributed by atoms with Crippen LogP contribution < -0.4 is 5.32 Å². The number of nitrogens with one attached hydrogen (secondary N) is 1. The Morgan fingerprint density at radius 1 is 1.08 bits per heavy atom. The Balaban J connectivity index is 0.000000823. The van der Waals surface area contributed by atoms with E-state index in [1.807, 2.05) is 18.7 Å². The van der Waals surface area contributed by atoms with Crippen LogP contribution in [-0.2, 0) is 20.6 Å². The quantitative estimate of drug-likeness (QED) is 0.691. The molecule has 0 aliphatic rings. The molecule has 1 rings (SSSR count). The van der Waals surface area contributed by atoms with E-state index >= 15 is 0 Å². The van der Waals surface area contributed by atoms with Gasteiger partial charge in [0.25, 0.3) is 0 Å². The van der Waals surface area contributed by atoms with Crippen LogP contribution in [0, 0.1) is 0 Å². The first-order valence-corrected chi connectivity index (χ1v) is 7.16. The molecule has 0 aliphatic heterocycles. The third-order valence-electron chi connectivity index (χ3n) is 2.92. The highest BCUT2D eigenvalue weighted by molar-refractivity contribution is 6.27. The first-order valence-electron chi connectivity index (χ1n) is 7.16. The average molecular weight is 364 g/mol. The Bertz CT molecular complexity index is 589. The molecule has 0 saturated carbocycles. The number of likely N-dealkylation sites (N-methyl/N-ethyl adjacent to an activating group) is 1. The molecule has 0 saturated heterocycles. The number of carboxylic acids is 2. The maximum absolute atomic E-state index is 12.5. The number of carbonyl (C=O) groups is 3. The van der Waals surface area contributed by atoms with Crippen molar-refractivity contribution >= 4 is 23.5 Å². The summed E-state index contributed by atoms with van der Waals surface area (Å²) in [6.45, 7) is 5.43. The number of rotatable bonds is 5. The van der Waals surface area contributed by atoms with Crippen molar-refractivity contribution in [3.63, 3.8) is 0 Å². The minimum absolute atomic E-state index is 0.159. The van der Waals surface area contributed by atoms with Gasteiger partial charge in [-0.05, 0) is 31.3 Å². The number of alkyl halides is 3. The second-order valence-corrected chi connectivity index (χ2v) is 4.70. The molecule has 7 nitrogen and oxygen atoms in total. The molecule has 10 heteroatoms. The summed E-state index contributed by atoms with van der Waals surface area (Å²) in [7, 11) is 0. The smallest absolute Gasteiger partial charge is 0.416 e. The van der Waals surface area contributed by atoms with E-state index in [2.05, 4.69) is 5.32 Å².